The van der Waals surface area contributed by atoms with Gasteiger partial charge in [-0.25, -0.2) is 19.3 Å². The number of anilines is 1. The van der Waals surface area contributed by atoms with Crippen LogP contribution in [0, 0.1) is 32.5 Å². The molecular formula is C23H24FN3O2. The molecule has 0 N–H and O–H groups in total. The predicted molar refractivity (Wildman–Crippen MR) is 108 cm³/mol. The molecule has 29 heavy (non-hydrogen) atoms. The molecule has 6 heteroatoms. The van der Waals surface area contributed by atoms with Gasteiger partial charge in [0.2, 0.25) is 5.91 Å². The van der Waals surface area contributed by atoms with Crippen LogP contribution < -0.4 is 4.90 Å². The van der Waals surface area contributed by atoms with Gasteiger partial charge in [0, 0.05) is 13.1 Å². The summed E-state index contributed by atoms with van der Waals surface area (Å²) in [6, 6.07) is 9.62. The number of fused-ring (bicyclic) bond motifs is 3. The van der Waals surface area contributed by atoms with E-state index in [1.165, 1.54) is 17.0 Å². The number of hydrogen-bond acceptors (Lipinski definition) is 4. The second-order valence-electron chi connectivity index (χ2n) is 8.41. The average molecular weight is 393 g/mol. The SMILES string of the molecule is Cc1cc(C)c(N2C(=O)[C@@H]3[C@H](C2=O)N2CCCN2[C@H]3c2ccc(F)cc2)c(C)c1. The lowest BCUT2D eigenvalue weighted by Crippen LogP contribution is -2.44. The summed E-state index contributed by atoms with van der Waals surface area (Å²) in [5, 5.41) is 4.21. The number of rotatable bonds is 2. The van der Waals surface area contributed by atoms with E-state index in [-0.39, 0.29) is 23.7 Å². The van der Waals surface area contributed by atoms with E-state index in [2.05, 4.69) is 10.0 Å². The Balaban J connectivity index is 1.61. The smallest absolute Gasteiger partial charge is 0.253 e. The van der Waals surface area contributed by atoms with Crippen LogP contribution in [0.3, 0.4) is 0 Å². The van der Waals surface area contributed by atoms with Crippen LogP contribution in [0.5, 0.6) is 0 Å². The number of aryl methyl sites for hydroxylation is 3. The summed E-state index contributed by atoms with van der Waals surface area (Å²) < 4.78 is 13.5. The minimum Gasteiger partial charge on any atom is -0.274 e. The number of benzene rings is 2. The number of halogens is 1. The fraction of sp³-hybridized carbons (Fsp3) is 0.391. The number of hydrogen-bond donors (Lipinski definition) is 0. The van der Waals surface area contributed by atoms with Crippen molar-refractivity contribution >= 4 is 17.5 Å². The molecule has 3 atom stereocenters. The van der Waals surface area contributed by atoms with E-state index in [0.29, 0.717) is 5.69 Å². The summed E-state index contributed by atoms with van der Waals surface area (Å²) in [6.07, 6.45) is 0.949. The Labute approximate surface area is 169 Å². The normalized spacial score (nSPS) is 27.0. The summed E-state index contributed by atoms with van der Waals surface area (Å²) >= 11 is 0. The third kappa shape index (κ3) is 2.59. The van der Waals surface area contributed by atoms with Gasteiger partial charge in [0.1, 0.15) is 11.9 Å². The van der Waals surface area contributed by atoms with Crippen molar-refractivity contribution in [1.29, 1.82) is 0 Å². The van der Waals surface area contributed by atoms with E-state index in [4.69, 9.17) is 0 Å². The summed E-state index contributed by atoms with van der Waals surface area (Å²) in [5.41, 5.74) is 4.56. The van der Waals surface area contributed by atoms with Crippen LogP contribution >= 0.6 is 0 Å². The van der Waals surface area contributed by atoms with Crippen LogP contribution in [0.1, 0.15) is 34.7 Å². The van der Waals surface area contributed by atoms with E-state index in [1.807, 2.05) is 32.9 Å². The van der Waals surface area contributed by atoms with E-state index < -0.39 is 12.0 Å². The lowest BCUT2D eigenvalue weighted by molar-refractivity contribution is -0.126. The maximum absolute atomic E-state index is 13.6. The predicted octanol–water partition coefficient (Wildman–Crippen LogP) is 3.29. The first-order chi connectivity index (χ1) is 13.9. The van der Waals surface area contributed by atoms with Gasteiger partial charge in [0.25, 0.3) is 5.91 Å². The Hall–Kier alpha value is -2.57. The van der Waals surface area contributed by atoms with Gasteiger partial charge in [-0.05, 0) is 56.0 Å². The molecule has 150 valence electrons. The molecule has 0 aromatic heterocycles. The first-order valence-corrected chi connectivity index (χ1v) is 10.1. The van der Waals surface area contributed by atoms with Gasteiger partial charge in [-0.2, -0.15) is 0 Å². The molecule has 0 bridgehead atoms. The van der Waals surface area contributed by atoms with Crippen LogP contribution in [-0.4, -0.2) is 41.0 Å². The highest BCUT2D eigenvalue weighted by Crippen LogP contribution is 2.49. The Morgan fingerprint density at radius 2 is 1.45 bits per heavy atom. The maximum Gasteiger partial charge on any atom is 0.253 e. The van der Waals surface area contributed by atoms with E-state index in [9.17, 15) is 14.0 Å². The zero-order chi connectivity index (χ0) is 20.4. The van der Waals surface area contributed by atoms with Gasteiger partial charge in [-0.1, -0.05) is 29.8 Å². The van der Waals surface area contributed by atoms with Crippen molar-refractivity contribution in [3.63, 3.8) is 0 Å². The minimum absolute atomic E-state index is 0.147. The molecule has 3 fully saturated rings. The Bertz CT molecular complexity index is 996. The molecule has 0 aliphatic carbocycles. The molecule has 0 radical (unpaired) electrons. The van der Waals surface area contributed by atoms with E-state index >= 15 is 0 Å². The summed E-state index contributed by atoms with van der Waals surface area (Å²) in [6.45, 7) is 7.47. The van der Waals surface area contributed by atoms with Crippen LogP contribution in [0.2, 0.25) is 0 Å². The monoisotopic (exact) mass is 393 g/mol. The third-order valence-electron chi connectivity index (χ3n) is 6.48. The van der Waals surface area contributed by atoms with Crippen LogP contribution in [-0.2, 0) is 9.59 Å². The van der Waals surface area contributed by atoms with Gasteiger partial charge < -0.3 is 0 Å². The van der Waals surface area contributed by atoms with Gasteiger partial charge in [-0.3, -0.25) is 9.59 Å². The molecular weight excluding hydrogens is 369 g/mol. The summed E-state index contributed by atoms with van der Waals surface area (Å²) in [7, 11) is 0. The number of amides is 2. The van der Waals surface area contributed by atoms with Crippen molar-refractivity contribution in [3.05, 3.63) is 64.5 Å². The second-order valence-corrected chi connectivity index (χ2v) is 8.41. The first-order valence-electron chi connectivity index (χ1n) is 10.1. The highest BCUT2D eigenvalue weighted by Gasteiger charge is 2.63. The Morgan fingerprint density at radius 1 is 0.862 bits per heavy atom. The molecule has 5 rings (SSSR count). The van der Waals surface area contributed by atoms with Crippen molar-refractivity contribution < 1.29 is 14.0 Å². The van der Waals surface area contributed by atoms with Gasteiger partial charge in [-0.15, -0.1) is 0 Å². The lowest BCUT2D eigenvalue weighted by atomic mass is 9.90. The van der Waals surface area contributed by atoms with Gasteiger partial charge in [0.05, 0.1) is 17.6 Å². The topological polar surface area (TPSA) is 43.9 Å². The second kappa shape index (κ2) is 6.47. The first kappa shape index (κ1) is 18.5. The van der Waals surface area contributed by atoms with E-state index in [1.54, 1.807) is 12.1 Å². The van der Waals surface area contributed by atoms with Crippen LogP contribution in [0.4, 0.5) is 10.1 Å². The molecule has 3 aliphatic rings. The molecule has 2 amide bonds. The molecule has 3 heterocycles. The maximum atomic E-state index is 13.6. The standard InChI is InChI=1S/C23H24FN3O2/c1-13-11-14(2)19(15(3)12-13)27-22(28)18-20(16-5-7-17(24)8-6-16)25-9-4-10-26(25)21(18)23(27)29/h5-8,11-12,18,20-21H,4,9-10H2,1-3H3/t18-,20-,21+/m0/s1. The molecule has 3 aliphatic heterocycles. The molecule has 2 aromatic carbocycles. The number of carbonyl (C=O) groups excluding carboxylic acids is 2. The van der Waals surface area contributed by atoms with Crippen LogP contribution in [0.25, 0.3) is 0 Å². The van der Waals surface area contributed by atoms with Crippen molar-refractivity contribution in [3.8, 4) is 0 Å². The highest BCUT2D eigenvalue weighted by molar-refractivity contribution is 6.24. The zero-order valence-electron chi connectivity index (χ0n) is 16.9. The van der Waals surface area contributed by atoms with E-state index in [0.717, 1.165) is 41.8 Å². The molecule has 2 aromatic rings. The molecule has 5 nitrogen and oxygen atoms in total. The lowest BCUT2D eigenvalue weighted by Gasteiger charge is -2.30. The van der Waals surface area contributed by atoms with Crippen molar-refractivity contribution in [2.75, 3.05) is 18.0 Å². The molecule has 3 saturated heterocycles. The summed E-state index contributed by atoms with van der Waals surface area (Å²) in [4.78, 5) is 28.6. The van der Waals surface area contributed by atoms with Crippen molar-refractivity contribution in [2.24, 2.45) is 5.92 Å². The molecule has 0 spiro atoms. The summed E-state index contributed by atoms with van der Waals surface area (Å²) in [5.74, 6) is -1.08. The minimum atomic E-state index is -0.486. The number of nitrogens with zero attached hydrogens (tertiary/aromatic N) is 3. The molecule has 0 unspecified atom stereocenters. The zero-order valence-corrected chi connectivity index (χ0v) is 16.9. The molecule has 0 saturated carbocycles. The van der Waals surface area contributed by atoms with Gasteiger partial charge >= 0.3 is 0 Å². The number of carbonyl (C=O) groups is 2. The Kier molecular flexibility index (Phi) is 4.12. The fourth-order valence-electron chi connectivity index (χ4n) is 5.52. The fourth-order valence-corrected chi connectivity index (χ4v) is 5.52. The largest absolute Gasteiger partial charge is 0.274 e. The Morgan fingerprint density at radius 3 is 2.07 bits per heavy atom. The number of imide groups is 1. The third-order valence-corrected chi connectivity index (χ3v) is 6.48. The van der Waals surface area contributed by atoms with Crippen molar-refractivity contribution in [1.82, 2.24) is 10.0 Å². The van der Waals surface area contributed by atoms with Gasteiger partial charge in [0.15, 0.2) is 0 Å². The highest BCUT2D eigenvalue weighted by atomic mass is 19.1. The van der Waals surface area contributed by atoms with Crippen molar-refractivity contribution in [2.45, 2.75) is 39.3 Å². The van der Waals surface area contributed by atoms with Crippen LogP contribution in [0.15, 0.2) is 36.4 Å². The average Bonchev–Trinajstić information content (AvgIpc) is 3.30. The quantitative estimate of drug-likeness (QED) is 0.735. The number of hydrazine groups is 1.